The van der Waals surface area contributed by atoms with E-state index < -0.39 is 23.4 Å². The number of pyridine rings is 1. The lowest BCUT2D eigenvalue weighted by Gasteiger charge is -2.27. The fourth-order valence-electron chi connectivity index (χ4n) is 7.34. The Bertz CT molecular complexity index is 2120. The minimum atomic E-state index is -4.41. The molecule has 0 saturated carbocycles. The Balaban J connectivity index is 1.23. The molecule has 0 aliphatic carbocycles. The fraction of sp³-hybridized carbons (Fsp3) is 0.364. The van der Waals surface area contributed by atoms with Crippen LogP contribution in [0.2, 0.25) is 0 Å². The number of piperidine rings is 1. The molecule has 1 aliphatic heterocycles. The SMILES string of the molecule is CC(C)N(Cc1ccc(-c2ccc(C(F)(F)F)cc2)cc1)C(=O)Cc1c(CCc2cccc(F)c2F)[nH]c2cc(CCCN3CCCCC3)ccc2c1=O. The maximum absolute atomic E-state index is 14.7. The summed E-state index contributed by atoms with van der Waals surface area (Å²) in [6, 6.07) is 21.8. The van der Waals surface area contributed by atoms with Crippen molar-refractivity contribution in [2.45, 2.75) is 84.0 Å². The van der Waals surface area contributed by atoms with Gasteiger partial charge in [0.05, 0.1) is 12.0 Å². The van der Waals surface area contributed by atoms with Gasteiger partial charge in [0.25, 0.3) is 0 Å². The summed E-state index contributed by atoms with van der Waals surface area (Å²) in [5, 5.41) is 0.466. The molecular weight excluding hydrogens is 697 g/mol. The van der Waals surface area contributed by atoms with Gasteiger partial charge in [0.2, 0.25) is 5.91 Å². The Labute approximate surface area is 312 Å². The van der Waals surface area contributed by atoms with Crippen molar-refractivity contribution >= 4 is 16.8 Å². The third kappa shape index (κ3) is 9.45. The largest absolute Gasteiger partial charge is 0.416 e. The number of halogens is 5. The summed E-state index contributed by atoms with van der Waals surface area (Å²) >= 11 is 0. The van der Waals surface area contributed by atoms with Gasteiger partial charge < -0.3 is 14.8 Å². The second-order valence-electron chi connectivity index (χ2n) is 14.6. The predicted molar refractivity (Wildman–Crippen MR) is 203 cm³/mol. The van der Waals surface area contributed by atoms with Crippen LogP contribution in [0.3, 0.4) is 0 Å². The Kier molecular flexibility index (Phi) is 12.3. The van der Waals surface area contributed by atoms with Gasteiger partial charge in [-0.3, -0.25) is 9.59 Å². The van der Waals surface area contributed by atoms with E-state index in [0.29, 0.717) is 27.7 Å². The number of aromatic nitrogens is 1. The number of fused-ring (bicyclic) bond motifs is 1. The topological polar surface area (TPSA) is 56.4 Å². The maximum atomic E-state index is 14.7. The molecule has 0 bridgehead atoms. The molecule has 0 unspecified atom stereocenters. The highest BCUT2D eigenvalue weighted by atomic mass is 19.4. The van der Waals surface area contributed by atoms with Gasteiger partial charge in [-0.1, -0.05) is 61.0 Å². The van der Waals surface area contributed by atoms with Crippen molar-refractivity contribution in [1.29, 1.82) is 0 Å². The molecule has 1 saturated heterocycles. The van der Waals surface area contributed by atoms with Crippen molar-refractivity contribution in [3.63, 3.8) is 0 Å². The van der Waals surface area contributed by atoms with Gasteiger partial charge in [-0.2, -0.15) is 13.2 Å². The number of nitrogens with zero attached hydrogens (tertiary/aromatic N) is 2. The molecule has 1 fully saturated rings. The molecule has 1 amide bonds. The van der Waals surface area contributed by atoms with E-state index in [1.54, 1.807) is 17.0 Å². The molecular formula is C44H46F5N3O2. The molecule has 1 aromatic heterocycles. The van der Waals surface area contributed by atoms with Crippen LogP contribution in [-0.2, 0) is 43.2 Å². The van der Waals surface area contributed by atoms with E-state index in [-0.39, 0.29) is 48.7 Å². The van der Waals surface area contributed by atoms with Crippen LogP contribution in [0.5, 0.6) is 0 Å². The van der Waals surface area contributed by atoms with E-state index in [9.17, 15) is 31.5 Å². The molecule has 5 nitrogen and oxygen atoms in total. The minimum absolute atomic E-state index is 0.126. The number of carbonyl (C=O) groups excluding carboxylic acids is 1. The van der Waals surface area contributed by atoms with Gasteiger partial charge in [-0.15, -0.1) is 0 Å². The van der Waals surface area contributed by atoms with Crippen molar-refractivity contribution in [3.05, 3.63) is 140 Å². The number of aryl methyl sites for hydroxylation is 3. The number of likely N-dealkylation sites (tertiary alicyclic amines) is 1. The van der Waals surface area contributed by atoms with Crippen LogP contribution in [0.1, 0.15) is 73.0 Å². The first kappa shape index (κ1) is 38.9. The fourth-order valence-corrected chi connectivity index (χ4v) is 7.34. The molecule has 0 spiro atoms. The zero-order valence-corrected chi connectivity index (χ0v) is 30.7. The summed E-state index contributed by atoms with van der Waals surface area (Å²) in [4.78, 5) is 35.8. The molecule has 4 aromatic carbocycles. The molecule has 2 heterocycles. The lowest BCUT2D eigenvalue weighted by atomic mass is 9.98. The number of aromatic amines is 1. The highest BCUT2D eigenvalue weighted by molar-refractivity contribution is 5.84. The molecule has 284 valence electrons. The number of amides is 1. The van der Waals surface area contributed by atoms with E-state index in [2.05, 4.69) is 9.88 Å². The Morgan fingerprint density at radius 2 is 1.50 bits per heavy atom. The summed E-state index contributed by atoms with van der Waals surface area (Å²) in [6.45, 7) is 7.32. The van der Waals surface area contributed by atoms with Crippen molar-refractivity contribution in [2.75, 3.05) is 19.6 Å². The van der Waals surface area contributed by atoms with Crippen LogP contribution in [0.4, 0.5) is 22.0 Å². The average Bonchev–Trinajstić information content (AvgIpc) is 3.16. The Morgan fingerprint density at radius 1 is 0.833 bits per heavy atom. The quantitative estimate of drug-likeness (QED) is 0.122. The zero-order chi connectivity index (χ0) is 38.4. The van der Waals surface area contributed by atoms with Crippen LogP contribution in [0, 0.1) is 11.6 Å². The standard InChI is InChI=1S/C44H46F5N3O2/c1-29(2)52(28-31-11-14-32(15-12-31)33-16-19-35(20-17-33)44(47,48)49)41(53)27-37-39(22-18-34-9-6-10-38(45)42(34)46)50-40-26-30(13-21-36(40)43(37)54)8-7-25-51-23-4-3-5-24-51/h6,9-17,19-21,26,29H,3-5,7-8,18,22-25,27-28H2,1-2H3,(H,50,54). The first-order chi connectivity index (χ1) is 25.9. The summed E-state index contributed by atoms with van der Waals surface area (Å²) in [7, 11) is 0. The number of hydrogen-bond acceptors (Lipinski definition) is 3. The molecule has 10 heteroatoms. The van der Waals surface area contributed by atoms with E-state index in [1.165, 1.54) is 43.5 Å². The molecule has 1 N–H and O–H groups in total. The lowest BCUT2D eigenvalue weighted by Crippen LogP contribution is -2.38. The minimum Gasteiger partial charge on any atom is -0.358 e. The van der Waals surface area contributed by atoms with Gasteiger partial charge in [-0.25, -0.2) is 8.78 Å². The van der Waals surface area contributed by atoms with Crippen molar-refractivity contribution < 1.29 is 26.7 Å². The third-order valence-electron chi connectivity index (χ3n) is 10.4. The van der Waals surface area contributed by atoms with Crippen molar-refractivity contribution in [1.82, 2.24) is 14.8 Å². The first-order valence-electron chi connectivity index (χ1n) is 18.8. The van der Waals surface area contributed by atoms with Gasteiger partial charge in [0.1, 0.15) is 0 Å². The molecule has 5 aromatic rings. The Morgan fingerprint density at radius 3 is 2.17 bits per heavy atom. The second-order valence-corrected chi connectivity index (χ2v) is 14.6. The van der Waals surface area contributed by atoms with Crippen LogP contribution >= 0.6 is 0 Å². The number of carbonyl (C=O) groups is 1. The highest BCUT2D eigenvalue weighted by Crippen LogP contribution is 2.31. The van der Waals surface area contributed by atoms with Crippen LogP contribution < -0.4 is 5.43 Å². The predicted octanol–water partition coefficient (Wildman–Crippen LogP) is 9.68. The molecule has 6 rings (SSSR count). The molecule has 1 aliphatic rings. The number of hydrogen-bond donors (Lipinski definition) is 1. The number of benzene rings is 4. The second kappa shape index (κ2) is 17.1. The summed E-state index contributed by atoms with van der Waals surface area (Å²) in [5.41, 5.74) is 3.94. The molecule has 0 atom stereocenters. The van der Waals surface area contributed by atoms with Crippen molar-refractivity contribution in [3.8, 4) is 11.1 Å². The van der Waals surface area contributed by atoms with E-state index >= 15 is 0 Å². The summed E-state index contributed by atoms with van der Waals surface area (Å²) in [5.74, 6) is -2.14. The number of rotatable bonds is 13. The normalized spacial score (nSPS) is 13.9. The zero-order valence-electron chi connectivity index (χ0n) is 30.7. The van der Waals surface area contributed by atoms with Gasteiger partial charge in [0.15, 0.2) is 17.1 Å². The highest BCUT2D eigenvalue weighted by Gasteiger charge is 2.30. The van der Waals surface area contributed by atoms with Crippen LogP contribution in [0.25, 0.3) is 22.0 Å². The number of alkyl halides is 3. The van der Waals surface area contributed by atoms with Crippen LogP contribution in [-0.4, -0.2) is 46.4 Å². The smallest absolute Gasteiger partial charge is 0.358 e. The van der Waals surface area contributed by atoms with E-state index in [4.69, 9.17) is 0 Å². The van der Waals surface area contributed by atoms with Gasteiger partial charge in [-0.05, 0) is 130 Å². The van der Waals surface area contributed by atoms with Gasteiger partial charge in [0, 0.05) is 34.7 Å². The monoisotopic (exact) mass is 743 g/mol. The molecule has 0 radical (unpaired) electrons. The maximum Gasteiger partial charge on any atom is 0.416 e. The summed E-state index contributed by atoms with van der Waals surface area (Å²) < 4.78 is 67.9. The van der Waals surface area contributed by atoms with E-state index in [1.807, 2.05) is 44.2 Å². The third-order valence-corrected chi connectivity index (χ3v) is 10.4. The van der Waals surface area contributed by atoms with E-state index in [0.717, 1.165) is 67.4 Å². The first-order valence-corrected chi connectivity index (χ1v) is 18.8. The average molecular weight is 744 g/mol. The number of nitrogens with one attached hydrogen (secondary N) is 1. The summed E-state index contributed by atoms with van der Waals surface area (Å²) in [6.07, 6.45) is 1.33. The van der Waals surface area contributed by atoms with Gasteiger partial charge >= 0.3 is 6.18 Å². The van der Waals surface area contributed by atoms with Crippen LogP contribution in [0.15, 0.2) is 89.7 Å². The van der Waals surface area contributed by atoms with Crippen molar-refractivity contribution in [2.24, 2.45) is 0 Å². The Hall–Kier alpha value is -4.83. The number of H-pyrrole nitrogens is 1. The molecule has 54 heavy (non-hydrogen) atoms. The lowest BCUT2D eigenvalue weighted by molar-refractivity contribution is -0.137.